The molecule has 16 heavy (non-hydrogen) atoms. The Morgan fingerprint density at radius 2 is 2.00 bits per heavy atom. The molecular weight excluding hydrogens is 295 g/mol. The van der Waals surface area contributed by atoms with Gasteiger partial charge in [0, 0.05) is 16.1 Å². The lowest BCUT2D eigenvalue weighted by atomic mass is 10.2. The lowest BCUT2D eigenvalue weighted by molar-refractivity contribution is -0.388. The maximum Gasteiger partial charge on any atom is 0.573 e. The highest BCUT2D eigenvalue weighted by molar-refractivity contribution is 9.10. The number of rotatable bonds is 2. The van der Waals surface area contributed by atoms with Gasteiger partial charge < -0.3 is 4.74 Å². The van der Waals surface area contributed by atoms with Gasteiger partial charge in [-0.05, 0) is 13.0 Å². The minimum atomic E-state index is -4.96. The van der Waals surface area contributed by atoms with Crippen molar-refractivity contribution in [2.45, 2.75) is 13.3 Å². The Bertz CT molecular complexity index is 433. The van der Waals surface area contributed by atoms with Gasteiger partial charge in [0.05, 0.1) is 4.92 Å². The minimum Gasteiger partial charge on any atom is -0.398 e. The fourth-order valence-corrected chi connectivity index (χ4v) is 1.35. The van der Waals surface area contributed by atoms with Crippen molar-refractivity contribution in [1.29, 1.82) is 0 Å². The maximum absolute atomic E-state index is 12.0. The minimum absolute atomic E-state index is 0.0199. The molecule has 0 atom stereocenters. The summed E-state index contributed by atoms with van der Waals surface area (Å²) in [5, 5.41) is 10.5. The van der Waals surface area contributed by atoms with Crippen molar-refractivity contribution in [2.75, 3.05) is 0 Å². The van der Waals surface area contributed by atoms with Crippen molar-refractivity contribution in [3.8, 4) is 5.75 Å². The first-order valence-electron chi connectivity index (χ1n) is 3.91. The molecule has 0 aromatic heterocycles. The fourth-order valence-electron chi connectivity index (χ4n) is 1.04. The molecule has 0 bridgehead atoms. The van der Waals surface area contributed by atoms with E-state index in [9.17, 15) is 23.3 Å². The second-order valence-corrected chi connectivity index (χ2v) is 3.68. The van der Waals surface area contributed by atoms with E-state index in [4.69, 9.17) is 0 Å². The molecule has 1 rings (SSSR count). The average molecular weight is 300 g/mol. The van der Waals surface area contributed by atoms with E-state index in [-0.39, 0.29) is 5.56 Å². The quantitative estimate of drug-likeness (QED) is 0.620. The first kappa shape index (κ1) is 12.8. The summed E-state index contributed by atoms with van der Waals surface area (Å²) in [6.07, 6.45) is -4.96. The van der Waals surface area contributed by atoms with E-state index < -0.39 is 22.7 Å². The van der Waals surface area contributed by atoms with Gasteiger partial charge in [0.25, 0.3) is 0 Å². The van der Waals surface area contributed by atoms with Crippen LogP contribution in [0.5, 0.6) is 5.75 Å². The van der Waals surface area contributed by atoms with E-state index in [0.29, 0.717) is 4.47 Å². The Labute approximate surface area is 96.3 Å². The Morgan fingerprint density at radius 1 is 1.44 bits per heavy atom. The maximum atomic E-state index is 12.0. The zero-order valence-corrected chi connectivity index (χ0v) is 9.42. The van der Waals surface area contributed by atoms with Gasteiger partial charge in [-0.1, -0.05) is 15.9 Å². The number of nitrogens with zero attached hydrogens (tertiary/aromatic N) is 1. The number of benzene rings is 1. The molecule has 0 spiro atoms. The van der Waals surface area contributed by atoms with E-state index in [1.807, 2.05) is 0 Å². The van der Waals surface area contributed by atoms with Gasteiger partial charge >= 0.3 is 12.0 Å². The van der Waals surface area contributed by atoms with Crippen LogP contribution in [0.1, 0.15) is 5.56 Å². The van der Waals surface area contributed by atoms with E-state index in [1.165, 1.54) is 13.0 Å². The number of ether oxygens (including phenoxy) is 1. The molecule has 0 saturated heterocycles. The van der Waals surface area contributed by atoms with Crippen molar-refractivity contribution >= 4 is 21.6 Å². The highest BCUT2D eigenvalue weighted by atomic mass is 79.9. The summed E-state index contributed by atoms with van der Waals surface area (Å²) in [7, 11) is 0. The highest BCUT2D eigenvalue weighted by Gasteiger charge is 2.35. The van der Waals surface area contributed by atoms with E-state index in [2.05, 4.69) is 20.7 Å². The first-order valence-corrected chi connectivity index (χ1v) is 4.71. The molecule has 0 fully saturated rings. The molecule has 0 heterocycles. The van der Waals surface area contributed by atoms with Gasteiger partial charge in [-0.25, -0.2) is 0 Å². The zero-order chi connectivity index (χ0) is 12.5. The summed E-state index contributed by atoms with van der Waals surface area (Å²) in [4.78, 5) is 9.58. The number of hydrogen-bond donors (Lipinski definition) is 0. The molecule has 88 valence electrons. The van der Waals surface area contributed by atoms with Crippen LogP contribution in [-0.2, 0) is 0 Å². The summed E-state index contributed by atoms with van der Waals surface area (Å²) < 4.78 is 40.0. The van der Waals surface area contributed by atoms with Gasteiger partial charge in [0.1, 0.15) is 0 Å². The lowest BCUT2D eigenvalue weighted by Crippen LogP contribution is -2.18. The Balaban J connectivity index is 3.32. The topological polar surface area (TPSA) is 52.4 Å². The molecular formula is C8H5BrF3NO3. The van der Waals surface area contributed by atoms with Crippen LogP contribution in [0.25, 0.3) is 0 Å². The largest absolute Gasteiger partial charge is 0.573 e. The second kappa shape index (κ2) is 4.28. The summed E-state index contributed by atoms with van der Waals surface area (Å²) in [6.45, 7) is 1.29. The third kappa shape index (κ3) is 2.84. The van der Waals surface area contributed by atoms with Crippen LogP contribution >= 0.6 is 15.9 Å². The Kier molecular flexibility index (Phi) is 3.41. The molecule has 0 N–H and O–H groups in total. The SMILES string of the molecule is Cc1c(Br)ccc([N+](=O)[O-])c1OC(F)(F)F. The third-order valence-corrected chi connectivity index (χ3v) is 2.59. The monoisotopic (exact) mass is 299 g/mol. The second-order valence-electron chi connectivity index (χ2n) is 2.83. The van der Waals surface area contributed by atoms with Crippen molar-refractivity contribution in [3.05, 3.63) is 32.3 Å². The summed E-state index contributed by atoms with van der Waals surface area (Å²) in [5.41, 5.74) is -0.704. The van der Waals surface area contributed by atoms with Crippen LogP contribution in [0.3, 0.4) is 0 Å². The van der Waals surface area contributed by atoms with Crippen molar-refractivity contribution in [2.24, 2.45) is 0 Å². The predicted molar refractivity (Wildman–Crippen MR) is 52.2 cm³/mol. The first-order chi connectivity index (χ1) is 7.22. The number of alkyl halides is 3. The summed E-state index contributed by atoms with van der Waals surface area (Å²) in [6, 6.07) is 2.23. The molecule has 4 nitrogen and oxygen atoms in total. The molecule has 0 saturated carbocycles. The number of hydrogen-bond acceptors (Lipinski definition) is 3. The molecule has 8 heteroatoms. The molecule has 1 aromatic carbocycles. The number of nitro benzene ring substituents is 1. The molecule has 0 amide bonds. The van der Waals surface area contributed by atoms with Gasteiger partial charge in [0.15, 0.2) is 0 Å². The zero-order valence-electron chi connectivity index (χ0n) is 7.84. The van der Waals surface area contributed by atoms with Crippen LogP contribution in [0, 0.1) is 17.0 Å². The summed E-state index contributed by atoms with van der Waals surface area (Å²) in [5.74, 6) is -0.799. The predicted octanol–water partition coefficient (Wildman–Crippen LogP) is 3.56. The van der Waals surface area contributed by atoms with Gasteiger partial charge in [-0.15, -0.1) is 13.2 Å². The molecule has 0 radical (unpaired) electrons. The molecule has 1 aromatic rings. The third-order valence-electron chi connectivity index (χ3n) is 1.73. The highest BCUT2D eigenvalue weighted by Crippen LogP contribution is 2.38. The molecule has 0 aliphatic carbocycles. The van der Waals surface area contributed by atoms with Crippen molar-refractivity contribution < 1.29 is 22.8 Å². The molecule has 0 unspecified atom stereocenters. The van der Waals surface area contributed by atoms with E-state index in [0.717, 1.165) is 6.07 Å². The average Bonchev–Trinajstić information content (AvgIpc) is 2.10. The number of halogens is 4. The van der Waals surface area contributed by atoms with Gasteiger partial charge in [-0.3, -0.25) is 10.1 Å². The van der Waals surface area contributed by atoms with Crippen LogP contribution in [0.15, 0.2) is 16.6 Å². The molecule has 0 aliphatic heterocycles. The van der Waals surface area contributed by atoms with Crippen molar-refractivity contribution in [1.82, 2.24) is 0 Å². The Morgan fingerprint density at radius 3 is 2.44 bits per heavy atom. The molecule has 0 aliphatic rings. The Hall–Kier alpha value is -1.31. The van der Waals surface area contributed by atoms with Crippen LogP contribution in [0.2, 0.25) is 0 Å². The lowest BCUT2D eigenvalue weighted by Gasteiger charge is -2.12. The smallest absolute Gasteiger partial charge is 0.398 e. The van der Waals surface area contributed by atoms with Crippen molar-refractivity contribution in [3.63, 3.8) is 0 Å². The summed E-state index contributed by atoms with van der Waals surface area (Å²) >= 11 is 2.97. The van der Waals surface area contributed by atoms with E-state index >= 15 is 0 Å². The fraction of sp³-hybridized carbons (Fsp3) is 0.250. The standard InChI is InChI=1S/C8H5BrF3NO3/c1-4-5(9)2-3-6(13(14)15)7(4)16-8(10,11)12/h2-3H,1H3. The normalized spacial score (nSPS) is 11.3. The number of nitro groups is 1. The van der Waals surface area contributed by atoms with Crippen LogP contribution in [0.4, 0.5) is 18.9 Å². The van der Waals surface area contributed by atoms with Crippen LogP contribution < -0.4 is 4.74 Å². The van der Waals surface area contributed by atoms with Gasteiger partial charge in [-0.2, -0.15) is 0 Å². The van der Waals surface area contributed by atoms with E-state index in [1.54, 1.807) is 0 Å². The van der Waals surface area contributed by atoms with Crippen LogP contribution in [-0.4, -0.2) is 11.3 Å². The van der Waals surface area contributed by atoms with Gasteiger partial charge in [0.2, 0.25) is 5.75 Å².